The molecule has 0 fully saturated rings. The normalized spacial score (nSPS) is 10.8. The summed E-state index contributed by atoms with van der Waals surface area (Å²) in [5.74, 6) is 1.22. The molecule has 0 amide bonds. The van der Waals surface area contributed by atoms with Crippen molar-refractivity contribution in [1.29, 1.82) is 0 Å². The Bertz CT molecular complexity index is 759. The van der Waals surface area contributed by atoms with Gasteiger partial charge in [-0.2, -0.15) is 4.98 Å². The van der Waals surface area contributed by atoms with Crippen molar-refractivity contribution < 1.29 is 4.52 Å². The number of aromatic nitrogens is 2. The summed E-state index contributed by atoms with van der Waals surface area (Å²) in [4.78, 5) is 4.26. The number of nitrogens with zero attached hydrogens (tertiary/aromatic N) is 2. The monoisotopic (exact) mass is 264 g/mol. The average molecular weight is 264 g/mol. The molecule has 1 aromatic heterocycles. The summed E-state index contributed by atoms with van der Waals surface area (Å²) in [6.45, 7) is 6.04. The molecule has 0 saturated heterocycles. The predicted molar refractivity (Wildman–Crippen MR) is 79.4 cm³/mol. The van der Waals surface area contributed by atoms with Crippen molar-refractivity contribution in [2.24, 2.45) is 0 Å². The van der Waals surface area contributed by atoms with Crippen LogP contribution in [0.4, 0.5) is 0 Å². The zero-order valence-corrected chi connectivity index (χ0v) is 11.8. The van der Waals surface area contributed by atoms with E-state index in [0.29, 0.717) is 11.7 Å². The van der Waals surface area contributed by atoms with Gasteiger partial charge in [-0.1, -0.05) is 41.6 Å². The van der Waals surface area contributed by atoms with Crippen molar-refractivity contribution in [3.05, 3.63) is 59.5 Å². The topological polar surface area (TPSA) is 38.9 Å². The van der Waals surface area contributed by atoms with E-state index in [2.05, 4.69) is 60.4 Å². The first-order valence-corrected chi connectivity index (χ1v) is 6.62. The fourth-order valence-electron chi connectivity index (χ4n) is 2.40. The molecule has 0 saturated carbocycles. The molecule has 0 unspecified atom stereocenters. The Labute approximate surface area is 118 Å². The number of hydrogen-bond acceptors (Lipinski definition) is 3. The summed E-state index contributed by atoms with van der Waals surface area (Å²) >= 11 is 0. The summed E-state index contributed by atoms with van der Waals surface area (Å²) in [5, 5.41) is 3.96. The molecule has 0 aliphatic carbocycles. The van der Waals surface area contributed by atoms with Crippen LogP contribution in [-0.4, -0.2) is 10.1 Å². The minimum absolute atomic E-state index is 0.584. The molecule has 2 aromatic carbocycles. The van der Waals surface area contributed by atoms with Crippen LogP contribution in [0.1, 0.15) is 17.0 Å². The van der Waals surface area contributed by atoms with Crippen molar-refractivity contribution in [2.75, 3.05) is 0 Å². The van der Waals surface area contributed by atoms with Gasteiger partial charge in [0, 0.05) is 12.5 Å². The Morgan fingerprint density at radius 2 is 1.60 bits per heavy atom. The van der Waals surface area contributed by atoms with Gasteiger partial charge in [0.1, 0.15) is 0 Å². The number of hydrogen-bond donors (Lipinski definition) is 0. The SMILES string of the molecule is Cc1nc(-c2ccc(-c3ccccc3C)c(C)c2)no1. The first kappa shape index (κ1) is 12.6. The molecule has 0 radical (unpaired) electrons. The van der Waals surface area contributed by atoms with Crippen LogP contribution < -0.4 is 0 Å². The molecule has 20 heavy (non-hydrogen) atoms. The molecule has 1 heterocycles. The van der Waals surface area contributed by atoms with Crippen LogP contribution in [0.3, 0.4) is 0 Å². The van der Waals surface area contributed by atoms with Gasteiger partial charge >= 0.3 is 0 Å². The second-order valence-corrected chi connectivity index (χ2v) is 4.98. The van der Waals surface area contributed by atoms with Gasteiger partial charge < -0.3 is 4.52 Å². The van der Waals surface area contributed by atoms with E-state index in [9.17, 15) is 0 Å². The average Bonchev–Trinajstić information content (AvgIpc) is 2.86. The maximum Gasteiger partial charge on any atom is 0.223 e. The van der Waals surface area contributed by atoms with Gasteiger partial charge in [-0.05, 0) is 42.2 Å². The lowest BCUT2D eigenvalue weighted by molar-refractivity contribution is 0.394. The zero-order chi connectivity index (χ0) is 14.1. The van der Waals surface area contributed by atoms with Crippen molar-refractivity contribution in [2.45, 2.75) is 20.8 Å². The van der Waals surface area contributed by atoms with E-state index >= 15 is 0 Å². The first-order valence-electron chi connectivity index (χ1n) is 6.62. The molecular formula is C17H16N2O. The van der Waals surface area contributed by atoms with Crippen molar-refractivity contribution in [3.63, 3.8) is 0 Å². The van der Waals surface area contributed by atoms with Crippen molar-refractivity contribution >= 4 is 0 Å². The zero-order valence-electron chi connectivity index (χ0n) is 11.8. The summed E-state index contributed by atoms with van der Waals surface area (Å²) in [6, 6.07) is 14.7. The standard InChI is InChI=1S/C17H16N2O/c1-11-6-4-5-7-15(11)16-9-8-14(10-12(16)2)17-18-13(3)20-19-17/h4-10H,1-3H3. The highest BCUT2D eigenvalue weighted by Crippen LogP contribution is 2.29. The molecule has 3 heteroatoms. The Hall–Kier alpha value is -2.42. The van der Waals surface area contributed by atoms with Gasteiger partial charge in [-0.3, -0.25) is 0 Å². The number of aryl methyl sites for hydroxylation is 3. The smallest absolute Gasteiger partial charge is 0.223 e. The van der Waals surface area contributed by atoms with E-state index in [0.717, 1.165) is 5.56 Å². The minimum Gasteiger partial charge on any atom is -0.339 e. The van der Waals surface area contributed by atoms with Crippen LogP contribution in [0.25, 0.3) is 22.5 Å². The van der Waals surface area contributed by atoms with Crippen LogP contribution in [0.15, 0.2) is 47.0 Å². The Morgan fingerprint density at radius 1 is 0.850 bits per heavy atom. The molecular weight excluding hydrogens is 248 g/mol. The summed E-state index contributed by atoms with van der Waals surface area (Å²) in [7, 11) is 0. The van der Waals surface area contributed by atoms with Crippen LogP contribution in [0, 0.1) is 20.8 Å². The lowest BCUT2D eigenvalue weighted by Crippen LogP contribution is -1.89. The quantitative estimate of drug-likeness (QED) is 0.691. The Morgan fingerprint density at radius 3 is 2.25 bits per heavy atom. The van der Waals surface area contributed by atoms with Gasteiger partial charge in [-0.25, -0.2) is 0 Å². The molecule has 0 N–H and O–H groups in total. The maximum absolute atomic E-state index is 5.03. The highest BCUT2D eigenvalue weighted by Gasteiger charge is 2.09. The van der Waals surface area contributed by atoms with Crippen molar-refractivity contribution in [1.82, 2.24) is 10.1 Å². The van der Waals surface area contributed by atoms with E-state index in [-0.39, 0.29) is 0 Å². The molecule has 0 spiro atoms. The molecule has 0 aliphatic heterocycles. The lowest BCUT2D eigenvalue weighted by atomic mass is 9.95. The van der Waals surface area contributed by atoms with E-state index in [1.807, 2.05) is 6.07 Å². The van der Waals surface area contributed by atoms with Crippen LogP contribution in [-0.2, 0) is 0 Å². The van der Waals surface area contributed by atoms with Crippen LogP contribution in [0.2, 0.25) is 0 Å². The first-order chi connectivity index (χ1) is 9.65. The van der Waals surface area contributed by atoms with Crippen LogP contribution >= 0.6 is 0 Å². The second-order valence-electron chi connectivity index (χ2n) is 4.98. The molecule has 3 rings (SSSR count). The fourth-order valence-corrected chi connectivity index (χ4v) is 2.40. The van der Waals surface area contributed by atoms with Gasteiger partial charge in [0.25, 0.3) is 0 Å². The molecule has 100 valence electrons. The molecule has 3 nitrogen and oxygen atoms in total. The van der Waals surface area contributed by atoms with Crippen LogP contribution in [0.5, 0.6) is 0 Å². The third kappa shape index (κ3) is 2.23. The Balaban J connectivity index is 2.06. The van der Waals surface area contributed by atoms with Gasteiger partial charge in [0.2, 0.25) is 11.7 Å². The highest BCUT2D eigenvalue weighted by atomic mass is 16.5. The van der Waals surface area contributed by atoms with E-state index < -0.39 is 0 Å². The predicted octanol–water partition coefficient (Wildman–Crippen LogP) is 4.33. The largest absolute Gasteiger partial charge is 0.339 e. The van der Waals surface area contributed by atoms with Crippen molar-refractivity contribution in [3.8, 4) is 22.5 Å². The van der Waals surface area contributed by atoms with E-state index in [4.69, 9.17) is 4.52 Å². The maximum atomic E-state index is 5.03. The lowest BCUT2D eigenvalue weighted by Gasteiger charge is -2.10. The third-order valence-electron chi connectivity index (χ3n) is 3.45. The second kappa shape index (κ2) is 4.93. The summed E-state index contributed by atoms with van der Waals surface area (Å²) in [5.41, 5.74) is 5.97. The van der Waals surface area contributed by atoms with Gasteiger partial charge in [-0.15, -0.1) is 0 Å². The fraction of sp³-hybridized carbons (Fsp3) is 0.176. The molecule has 0 aliphatic rings. The minimum atomic E-state index is 0.584. The van der Waals surface area contributed by atoms with E-state index in [1.165, 1.54) is 22.3 Å². The summed E-state index contributed by atoms with van der Waals surface area (Å²) < 4.78 is 5.03. The summed E-state index contributed by atoms with van der Waals surface area (Å²) in [6.07, 6.45) is 0. The van der Waals surface area contributed by atoms with Gasteiger partial charge in [0.05, 0.1) is 0 Å². The highest BCUT2D eigenvalue weighted by molar-refractivity contribution is 5.73. The number of benzene rings is 2. The third-order valence-corrected chi connectivity index (χ3v) is 3.45. The van der Waals surface area contributed by atoms with E-state index in [1.54, 1.807) is 6.92 Å². The van der Waals surface area contributed by atoms with Gasteiger partial charge in [0.15, 0.2) is 0 Å². The Kier molecular flexibility index (Phi) is 3.11. The number of rotatable bonds is 2. The molecule has 0 bridgehead atoms. The molecule has 3 aromatic rings. The molecule has 0 atom stereocenters.